The number of rotatable bonds is 5. The molecule has 0 aliphatic heterocycles. The molecule has 0 atom stereocenters. The van der Waals surface area contributed by atoms with Crippen molar-refractivity contribution in [3.63, 3.8) is 0 Å². The molecule has 7 nitrogen and oxygen atoms in total. The largest absolute Gasteiger partial charge is 0.417 e. The number of sulfone groups is 1. The third kappa shape index (κ3) is 5.47. The van der Waals surface area contributed by atoms with E-state index < -0.39 is 27.5 Å². The molecule has 0 saturated heterocycles. The molecule has 0 radical (unpaired) electrons. The molecule has 36 heavy (non-hydrogen) atoms. The molecule has 0 aliphatic carbocycles. The van der Waals surface area contributed by atoms with Gasteiger partial charge in [-0.2, -0.15) is 13.2 Å². The van der Waals surface area contributed by atoms with E-state index in [0.717, 1.165) is 22.7 Å². The smallest absolute Gasteiger partial charge is 0.301 e. The number of carbonyl (C=O) groups excluding carboxylic acids is 1. The van der Waals surface area contributed by atoms with Gasteiger partial charge in [0.2, 0.25) is 0 Å². The van der Waals surface area contributed by atoms with Crippen LogP contribution in [0.25, 0.3) is 10.9 Å². The van der Waals surface area contributed by atoms with Crippen molar-refractivity contribution in [3.8, 4) is 0 Å². The van der Waals surface area contributed by atoms with E-state index in [0.29, 0.717) is 28.9 Å². The molecule has 12 heteroatoms. The van der Waals surface area contributed by atoms with Crippen LogP contribution in [0.15, 0.2) is 66.1 Å². The topological polar surface area (TPSA) is 93.1 Å². The molecule has 4 rings (SSSR count). The summed E-state index contributed by atoms with van der Waals surface area (Å²) in [6.07, 6.45) is -0.854. The SMILES string of the molecule is Cc1cnc(S(C)(=O)=O)c(N(Cc2ccc3ccc(Cl)nc3c2)C(=O)c2cncc(C(F)(F)F)c2)c1. The Morgan fingerprint density at radius 1 is 1.06 bits per heavy atom. The molecule has 0 fully saturated rings. The van der Waals surface area contributed by atoms with E-state index in [2.05, 4.69) is 15.0 Å². The number of hydrogen-bond acceptors (Lipinski definition) is 6. The Balaban J connectivity index is 1.88. The number of fused-ring (bicyclic) bond motifs is 1. The van der Waals surface area contributed by atoms with Gasteiger partial charge in [0.05, 0.1) is 28.9 Å². The lowest BCUT2D eigenvalue weighted by Gasteiger charge is -2.25. The summed E-state index contributed by atoms with van der Waals surface area (Å²) in [6, 6.07) is 10.6. The molecule has 1 amide bonds. The van der Waals surface area contributed by atoms with E-state index >= 15 is 0 Å². The number of hydrogen-bond donors (Lipinski definition) is 0. The first-order valence-corrected chi connectivity index (χ1v) is 12.7. The lowest BCUT2D eigenvalue weighted by atomic mass is 10.1. The van der Waals surface area contributed by atoms with Gasteiger partial charge in [0.15, 0.2) is 14.9 Å². The van der Waals surface area contributed by atoms with Crippen molar-refractivity contribution in [2.75, 3.05) is 11.2 Å². The highest BCUT2D eigenvalue weighted by atomic mass is 35.5. The van der Waals surface area contributed by atoms with Crippen LogP contribution in [0, 0.1) is 6.92 Å². The maximum atomic E-state index is 13.6. The van der Waals surface area contributed by atoms with Gasteiger partial charge in [0.1, 0.15) is 5.15 Å². The number of alkyl halides is 3. The van der Waals surface area contributed by atoms with Crippen molar-refractivity contribution in [2.45, 2.75) is 24.7 Å². The molecule has 0 bridgehead atoms. The number of anilines is 1. The Labute approximate surface area is 209 Å². The Morgan fingerprint density at radius 3 is 2.47 bits per heavy atom. The summed E-state index contributed by atoms with van der Waals surface area (Å²) < 4.78 is 64.8. The van der Waals surface area contributed by atoms with E-state index in [1.807, 2.05) is 0 Å². The Bertz CT molecular complexity index is 1590. The fraction of sp³-hybridized carbons (Fsp3) is 0.167. The zero-order valence-electron chi connectivity index (χ0n) is 18.9. The maximum absolute atomic E-state index is 13.6. The van der Waals surface area contributed by atoms with Crippen LogP contribution in [0.3, 0.4) is 0 Å². The van der Waals surface area contributed by atoms with E-state index in [-0.39, 0.29) is 28.0 Å². The number of aryl methyl sites for hydroxylation is 1. The van der Waals surface area contributed by atoms with Gasteiger partial charge in [-0.15, -0.1) is 0 Å². The second kappa shape index (κ2) is 9.47. The van der Waals surface area contributed by atoms with Crippen molar-refractivity contribution in [3.05, 3.63) is 88.5 Å². The molecule has 0 aliphatic rings. The second-order valence-corrected chi connectivity index (χ2v) is 10.4. The molecule has 0 unspecified atom stereocenters. The number of pyridine rings is 3. The van der Waals surface area contributed by atoms with Crippen LogP contribution in [0.1, 0.15) is 27.0 Å². The van der Waals surface area contributed by atoms with Crippen LogP contribution in [-0.2, 0) is 22.6 Å². The number of aromatic nitrogens is 3. The van der Waals surface area contributed by atoms with Crippen LogP contribution in [-0.4, -0.2) is 35.5 Å². The van der Waals surface area contributed by atoms with E-state index in [1.54, 1.807) is 37.3 Å². The minimum atomic E-state index is -4.72. The Morgan fingerprint density at radius 2 is 1.78 bits per heavy atom. The number of carbonyl (C=O) groups is 1. The Hall–Kier alpha value is -3.57. The fourth-order valence-corrected chi connectivity index (χ4v) is 4.52. The number of halogens is 4. The van der Waals surface area contributed by atoms with Gasteiger partial charge in [-0.1, -0.05) is 23.7 Å². The molecule has 0 saturated carbocycles. The lowest BCUT2D eigenvalue weighted by molar-refractivity contribution is -0.137. The predicted octanol–water partition coefficient (Wildman–Crippen LogP) is 5.26. The number of benzene rings is 1. The molecule has 4 aromatic rings. The quantitative estimate of drug-likeness (QED) is 0.324. The minimum absolute atomic E-state index is 0.0703. The summed E-state index contributed by atoms with van der Waals surface area (Å²) in [5, 5.41) is 0.644. The summed E-state index contributed by atoms with van der Waals surface area (Å²) in [6.45, 7) is 1.46. The molecular weight excluding hydrogens is 517 g/mol. The van der Waals surface area contributed by atoms with Crippen LogP contribution >= 0.6 is 11.6 Å². The van der Waals surface area contributed by atoms with Gasteiger partial charge < -0.3 is 4.90 Å². The molecule has 3 heterocycles. The van der Waals surface area contributed by atoms with Crippen LogP contribution in [0.4, 0.5) is 18.9 Å². The summed E-state index contributed by atoms with van der Waals surface area (Å²) in [7, 11) is -3.91. The van der Waals surface area contributed by atoms with Gasteiger partial charge in [-0.25, -0.2) is 18.4 Å². The Kier molecular flexibility index (Phi) is 6.72. The van der Waals surface area contributed by atoms with Gasteiger partial charge in [-0.05, 0) is 48.4 Å². The van der Waals surface area contributed by atoms with Crippen molar-refractivity contribution >= 4 is 43.9 Å². The van der Waals surface area contributed by atoms with Gasteiger partial charge >= 0.3 is 6.18 Å². The van der Waals surface area contributed by atoms with Crippen molar-refractivity contribution in [1.82, 2.24) is 15.0 Å². The van der Waals surface area contributed by atoms with Gasteiger partial charge in [0.25, 0.3) is 5.91 Å². The standard InChI is InChI=1S/C24H18ClF3N4O3S/c1-14-7-20(22(30-10-14)36(2,34)35)32(23(33)17-9-18(12-29-11-17)24(26,27)28)13-15-3-4-16-5-6-21(25)31-19(16)8-15/h3-12H,13H2,1-2H3. The average molecular weight is 535 g/mol. The van der Waals surface area contributed by atoms with E-state index in [4.69, 9.17) is 11.6 Å². The third-order valence-corrected chi connectivity index (χ3v) is 6.46. The summed E-state index contributed by atoms with van der Waals surface area (Å²) in [5.74, 6) is -0.884. The van der Waals surface area contributed by atoms with Gasteiger partial charge in [0, 0.05) is 30.2 Å². The normalized spacial score (nSPS) is 12.1. The zero-order chi connectivity index (χ0) is 26.3. The molecule has 3 aromatic heterocycles. The minimum Gasteiger partial charge on any atom is -0.301 e. The van der Waals surface area contributed by atoms with Crippen molar-refractivity contribution in [2.24, 2.45) is 0 Å². The van der Waals surface area contributed by atoms with Crippen LogP contribution in [0.2, 0.25) is 5.15 Å². The summed E-state index contributed by atoms with van der Waals surface area (Å²) in [4.78, 5) is 26.5. The van der Waals surface area contributed by atoms with Crippen LogP contribution in [0.5, 0.6) is 0 Å². The first kappa shape index (κ1) is 25.5. The molecule has 1 aromatic carbocycles. The molecular formula is C24H18ClF3N4O3S. The maximum Gasteiger partial charge on any atom is 0.417 e. The number of nitrogens with zero attached hydrogens (tertiary/aromatic N) is 4. The average Bonchev–Trinajstić information content (AvgIpc) is 2.80. The lowest BCUT2D eigenvalue weighted by Crippen LogP contribution is -2.32. The van der Waals surface area contributed by atoms with Crippen LogP contribution < -0.4 is 4.90 Å². The van der Waals surface area contributed by atoms with E-state index in [1.165, 1.54) is 12.3 Å². The highest BCUT2D eigenvalue weighted by Gasteiger charge is 2.33. The first-order chi connectivity index (χ1) is 16.8. The summed E-state index contributed by atoms with van der Waals surface area (Å²) >= 11 is 5.99. The molecule has 0 spiro atoms. The molecule has 186 valence electrons. The van der Waals surface area contributed by atoms with Crippen molar-refractivity contribution in [1.29, 1.82) is 0 Å². The predicted molar refractivity (Wildman–Crippen MR) is 129 cm³/mol. The fourth-order valence-electron chi connectivity index (χ4n) is 3.57. The molecule has 0 N–H and O–H groups in total. The van der Waals surface area contributed by atoms with Crippen molar-refractivity contribution < 1.29 is 26.4 Å². The number of amides is 1. The zero-order valence-corrected chi connectivity index (χ0v) is 20.5. The van der Waals surface area contributed by atoms with Gasteiger partial charge in [-0.3, -0.25) is 9.78 Å². The highest BCUT2D eigenvalue weighted by Crippen LogP contribution is 2.31. The summed E-state index contributed by atoms with van der Waals surface area (Å²) in [5.41, 5.74) is 0.0602. The first-order valence-electron chi connectivity index (χ1n) is 10.4. The monoisotopic (exact) mass is 534 g/mol. The second-order valence-electron chi connectivity index (χ2n) is 8.12. The third-order valence-electron chi connectivity index (χ3n) is 5.23. The van der Waals surface area contributed by atoms with E-state index in [9.17, 15) is 26.4 Å². The highest BCUT2D eigenvalue weighted by molar-refractivity contribution is 7.90.